The lowest BCUT2D eigenvalue weighted by molar-refractivity contribution is -0.0853. The molecule has 1 amide bonds. The number of phenolic OH excluding ortho intramolecular Hbond substituents is 1. The molecule has 2 aromatic rings. The van der Waals surface area contributed by atoms with Gasteiger partial charge in [-0.25, -0.2) is 0 Å². The van der Waals surface area contributed by atoms with Gasteiger partial charge in [-0.3, -0.25) is 9.69 Å². The minimum atomic E-state index is -0.955. The van der Waals surface area contributed by atoms with Crippen molar-refractivity contribution in [3.05, 3.63) is 65.2 Å². The van der Waals surface area contributed by atoms with E-state index < -0.39 is 17.6 Å². The van der Waals surface area contributed by atoms with Crippen LogP contribution < -0.4 is 5.32 Å². The van der Waals surface area contributed by atoms with Crippen LogP contribution in [0.5, 0.6) is 5.75 Å². The molecule has 160 valence electrons. The van der Waals surface area contributed by atoms with E-state index in [1.165, 1.54) is 0 Å². The fourth-order valence-corrected chi connectivity index (χ4v) is 4.28. The molecule has 2 aliphatic heterocycles. The maximum absolute atomic E-state index is 13.1. The van der Waals surface area contributed by atoms with Crippen molar-refractivity contribution in [1.82, 2.24) is 10.2 Å². The summed E-state index contributed by atoms with van der Waals surface area (Å²) in [6, 6.07) is 14.5. The zero-order valence-corrected chi connectivity index (χ0v) is 17.1. The highest BCUT2D eigenvalue weighted by molar-refractivity contribution is 5.97. The monoisotopic (exact) mass is 412 g/mol. The first-order valence-corrected chi connectivity index (χ1v) is 10.3. The topological polar surface area (TPSA) is 91.3 Å². The van der Waals surface area contributed by atoms with Crippen LogP contribution in [0.3, 0.4) is 0 Å². The Morgan fingerprint density at radius 1 is 1.20 bits per heavy atom. The van der Waals surface area contributed by atoms with Gasteiger partial charge in [0.1, 0.15) is 5.75 Å². The van der Waals surface area contributed by atoms with E-state index in [9.17, 15) is 15.0 Å². The number of aliphatic hydroxyl groups excluding tert-OH is 1. The minimum absolute atomic E-state index is 0.0711. The van der Waals surface area contributed by atoms with Gasteiger partial charge in [0.15, 0.2) is 6.29 Å². The van der Waals surface area contributed by atoms with E-state index in [0.29, 0.717) is 39.3 Å². The Labute approximate surface area is 176 Å². The van der Waals surface area contributed by atoms with E-state index in [4.69, 9.17) is 9.47 Å². The molecule has 3 N–H and O–H groups in total. The number of rotatable bonds is 5. The maximum atomic E-state index is 13.1. The second kappa shape index (κ2) is 8.73. The Kier molecular flexibility index (Phi) is 6.06. The maximum Gasteiger partial charge on any atom is 0.255 e. The molecule has 0 saturated carbocycles. The Bertz CT molecular complexity index is 884. The van der Waals surface area contributed by atoms with Crippen LogP contribution in [0.2, 0.25) is 0 Å². The summed E-state index contributed by atoms with van der Waals surface area (Å²) < 4.78 is 11.1. The van der Waals surface area contributed by atoms with E-state index >= 15 is 0 Å². The zero-order valence-electron chi connectivity index (χ0n) is 17.1. The molecule has 0 radical (unpaired) electrons. The van der Waals surface area contributed by atoms with Gasteiger partial charge in [-0.05, 0) is 36.6 Å². The van der Waals surface area contributed by atoms with Crippen molar-refractivity contribution < 1.29 is 24.5 Å². The number of carbonyl (C=O) groups is 1. The summed E-state index contributed by atoms with van der Waals surface area (Å²) in [4.78, 5) is 15.2. The fraction of sp³-hybridized carbons (Fsp3) is 0.435. The molecule has 2 aromatic carbocycles. The summed E-state index contributed by atoms with van der Waals surface area (Å²) in [6.45, 7) is 4.64. The molecule has 0 aliphatic carbocycles. The number of piperidine rings is 1. The van der Waals surface area contributed by atoms with Gasteiger partial charge in [0, 0.05) is 19.6 Å². The number of nitrogens with zero attached hydrogens (tertiary/aromatic N) is 1. The molecule has 0 unspecified atom stereocenters. The third kappa shape index (κ3) is 4.20. The number of amides is 1. The lowest BCUT2D eigenvalue weighted by Crippen LogP contribution is -2.62. The van der Waals surface area contributed by atoms with E-state index in [-0.39, 0.29) is 17.6 Å². The molecular formula is C23H28N2O5. The summed E-state index contributed by atoms with van der Waals surface area (Å²) in [7, 11) is 0. The number of aromatic hydroxyl groups is 1. The Morgan fingerprint density at radius 2 is 1.93 bits per heavy atom. The van der Waals surface area contributed by atoms with Crippen molar-refractivity contribution in [2.45, 2.75) is 31.3 Å². The molecule has 0 bridgehead atoms. The standard InChI is InChI=1S/C23H28N2O5/c1-16-7-8-18(19(26)13-16)22(28)24-23(17-5-3-2-4-6-17)9-10-25(14-20(23)27)15-21-29-11-12-30-21/h2-8,13,20-21,26-27H,9-12,14-15H2,1H3,(H,24,28)/t20-,23+/m1/s1. The molecule has 4 rings (SSSR count). The molecule has 0 spiro atoms. The van der Waals surface area contributed by atoms with Crippen LogP contribution >= 0.6 is 0 Å². The van der Waals surface area contributed by atoms with Gasteiger partial charge < -0.3 is 25.0 Å². The van der Waals surface area contributed by atoms with E-state index in [1.807, 2.05) is 37.3 Å². The van der Waals surface area contributed by atoms with Crippen LogP contribution in [0.25, 0.3) is 0 Å². The van der Waals surface area contributed by atoms with Crippen molar-refractivity contribution in [3.63, 3.8) is 0 Å². The number of nitrogens with one attached hydrogen (secondary N) is 1. The largest absolute Gasteiger partial charge is 0.507 e. The van der Waals surface area contributed by atoms with Crippen molar-refractivity contribution in [3.8, 4) is 5.75 Å². The first-order valence-electron chi connectivity index (χ1n) is 10.3. The lowest BCUT2D eigenvalue weighted by atomic mass is 9.78. The Hall–Kier alpha value is -2.45. The Balaban J connectivity index is 1.57. The number of ether oxygens (including phenoxy) is 2. The van der Waals surface area contributed by atoms with E-state index in [1.54, 1.807) is 18.2 Å². The third-order valence-electron chi connectivity index (χ3n) is 5.94. The molecule has 7 nitrogen and oxygen atoms in total. The van der Waals surface area contributed by atoms with Crippen LogP contribution in [0, 0.1) is 6.92 Å². The lowest BCUT2D eigenvalue weighted by Gasteiger charge is -2.46. The summed E-state index contributed by atoms with van der Waals surface area (Å²) >= 11 is 0. The van der Waals surface area contributed by atoms with Gasteiger partial charge in [0.2, 0.25) is 0 Å². The molecule has 30 heavy (non-hydrogen) atoms. The molecule has 2 saturated heterocycles. The highest BCUT2D eigenvalue weighted by atomic mass is 16.7. The number of aryl methyl sites for hydroxylation is 1. The van der Waals surface area contributed by atoms with Crippen molar-refractivity contribution in [1.29, 1.82) is 0 Å². The van der Waals surface area contributed by atoms with Crippen LogP contribution in [-0.2, 0) is 15.0 Å². The second-order valence-corrected chi connectivity index (χ2v) is 8.01. The molecule has 7 heteroatoms. The number of benzene rings is 2. The second-order valence-electron chi connectivity index (χ2n) is 8.01. The number of β-amino-alcohol motifs (C(OH)–C–C–N with tert-alkyl or cyclic N) is 1. The molecule has 0 aromatic heterocycles. The quantitative estimate of drug-likeness (QED) is 0.693. The number of likely N-dealkylation sites (tertiary alicyclic amines) is 1. The third-order valence-corrected chi connectivity index (χ3v) is 5.94. The Morgan fingerprint density at radius 3 is 2.60 bits per heavy atom. The van der Waals surface area contributed by atoms with Gasteiger partial charge in [-0.2, -0.15) is 0 Å². The number of aliphatic hydroxyl groups is 1. The van der Waals surface area contributed by atoms with Gasteiger partial charge in [-0.1, -0.05) is 36.4 Å². The van der Waals surface area contributed by atoms with Crippen LogP contribution in [0.15, 0.2) is 48.5 Å². The van der Waals surface area contributed by atoms with E-state index in [2.05, 4.69) is 10.2 Å². The predicted molar refractivity (Wildman–Crippen MR) is 111 cm³/mol. The number of phenols is 1. The normalized spacial score (nSPS) is 25.3. The van der Waals surface area contributed by atoms with Crippen molar-refractivity contribution >= 4 is 5.91 Å². The highest BCUT2D eigenvalue weighted by Crippen LogP contribution is 2.34. The predicted octanol–water partition coefficient (Wildman–Crippen LogP) is 1.77. The number of hydrogen-bond donors (Lipinski definition) is 3. The smallest absolute Gasteiger partial charge is 0.255 e. The van der Waals surface area contributed by atoms with Crippen LogP contribution in [0.1, 0.15) is 27.9 Å². The SMILES string of the molecule is Cc1ccc(C(=O)N[C@]2(c3ccccc3)CCN(CC3OCCO3)C[C@H]2O)c(O)c1. The molecule has 2 aliphatic rings. The van der Waals surface area contributed by atoms with Crippen LogP contribution in [-0.4, -0.2) is 66.3 Å². The van der Waals surface area contributed by atoms with Gasteiger partial charge in [0.05, 0.1) is 30.4 Å². The van der Waals surface area contributed by atoms with Gasteiger partial charge in [0.25, 0.3) is 5.91 Å². The highest BCUT2D eigenvalue weighted by Gasteiger charge is 2.45. The van der Waals surface area contributed by atoms with Crippen molar-refractivity contribution in [2.24, 2.45) is 0 Å². The average molecular weight is 412 g/mol. The average Bonchev–Trinajstić information content (AvgIpc) is 3.24. The molecule has 2 fully saturated rings. The first-order chi connectivity index (χ1) is 14.5. The summed E-state index contributed by atoms with van der Waals surface area (Å²) in [5.74, 6) is -0.482. The van der Waals surface area contributed by atoms with Gasteiger partial charge in [-0.15, -0.1) is 0 Å². The minimum Gasteiger partial charge on any atom is -0.507 e. The molecule has 2 atom stereocenters. The summed E-state index contributed by atoms with van der Waals surface area (Å²) in [5.41, 5.74) is 0.944. The number of carbonyl (C=O) groups excluding carboxylic acids is 1. The van der Waals surface area contributed by atoms with Gasteiger partial charge >= 0.3 is 0 Å². The molecule has 2 heterocycles. The fourth-order valence-electron chi connectivity index (χ4n) is 4.28. The summed E-state index contributed by atoms with van der Waals surface area (Å²) in [5, 5.41) is 24.5. The van der Waals surface area contributed by atoms with Crippen LogP contribution in [0.4, 0.5) is 0 Å². The first kappa shape index (κ1) is 20.8. The van der Waals surface area contributed by atoms with Crippen molar-refractivity contribution in [2.75, 3.05) is 32.8 Å². The summed E-state index contributed by atoms with van der Waals surface area (Å²) in [6.07, 6.45) is -0.601. The van der Waals surface area contributed by atoms with E-state index in [0.717, 1.165) is 11.1 Å². The molecular weight excluding hydrogens is 384 g/mol. The number of hydrogen-bond acceptors (Lipinski definition) is 6. The zero-order chi connectivity index (χ0) is 21.1.